The highest BCUT2D eigenvalue weighted by atomic mass is 16.5. The highest BCUT2D eigenvalue weighted by Crippen LogP contribution is 2.16. The minimum atomic E-state index is -0.842. The van der Waals surface area contributed by atoms with Gasteiger partial charge in [0.25, 0.3) is 0 Å². The summed E-state index contributed by atoms with van der Waals surface area (Å²) < 4.78 is 5.45. The predicted molar refractivity (Wildman–Crippen MR) is 260 cm³/mol. The lowest BCUT2D eigenvalue weighted by Crippen LogP contribution is -2.45. The first-order valence-electron chi connectivity index (χ1n) is 26.6. The quantitative estimate of drug-likeness (QED) is 0.0322. The zero-order chi connectivity index (χ0) is 43.7. The molecule has 0 spiro atoms. The van der Waals surface area contributed by atoms with E-state index in [0.717, 1.165) is 44.9 Å². The van der Waals surface area contributed by atoms with Gasteiger partial charge in [0.1, 0.15) is 0 Å². The van der Waals surface area contributed by atoms with Crippen molar-refractivity contribution in [2.75, 3.05) is 13.2 Å². The standard InChI is InChI=1S/C54H103NO5/c1-3-5-7-9-11-13-27-32-36-40-44-48-54(59)60-49-45-41-37-33-29-26-24-22-20-18-16-15-17-19-21-23-25-28-31-35-39-43-47-53(58)55-51(50-56)52(57)46-42-38-34-30-14-12-10-8-6-4-2/h9,11,42,46,51-52,56-57H,3-8,10,12-41,43-45,47-50H2,1-2H3,(H,55,58)/b11-9-,46-42+. The molecule has 0 aromatic rings. The fourth-order valence-electron chi connectivity index (χ4n) is 8.08. The molecule has 0 bridgehead atoms. The number of aliphatic hydroxyl groups excluding tert-OH is 2. The van der Waals surface area contributed by atoms with Gasteiger partial charge in [-0.05, 0) is 51.4 Å². The Balaban J connectivity index is 3.38. The van der Waals surface area contributed by atoms with Gasteiger partial charge in [-0.1, -0.05) is 244 Å². The number of nitrogens with one attached hydrogen (secondary N) is 1. The topological polar surface area (TPSA) is 95.9 Å². The molecule has 6 heteroatoms. The maximum Gasteiger partial charge on any atom is 0.305 e. The lowest BCUT2D eigenvalue weighted by molar-refractivity contribution is -0.143. The van der Waals surface area contributed by atoms with Crippen LogP contribution in [0.5, 0.6) is 0 Å². The molecule has 0 saturated carbocycles. The Morgan fingerprint density at radius 3 is 1.23 bits per heavy atom. The Morgan fingerprint density at radius 1 is 0.450 bits per heavy atom. The van der Waals surface area contributed by atoms with Crippen LogP contribution < -0.4 is 5.32 Å². The van der Waals surface area contributed by atoms with Crippen molar-refractivity contribution in [3.05, 3.63) is 24.3 Å². The Morgan fingerprint density at radius 2 is 0.800 bits per heavy atom. The predicted octanol–water partition coefficient (Wildman–Crippen LogP) is 15.9. The molecule has 1 amide bonds. The van der Waals surface area contributed by atoms with Crippen molar-refractivity contribution < 1.29 is 24.5 Å². The third kappa shape index (κ3) is 45.9. The van der Waals surface area contributed by atoms with Gasteiger partial charge in [-0.3, -0.25) is 9.59 Å². The van der Waals surface area contributed by atoms with E-state index < -0.39 is 12.1 Å². The summed E-state index contributed by atoms with van der Waals surface area (Å²) in [7, 11) is 0. The number of ether oxygens (including phenoxy) is 1. The van der Waals surface area contributed by atoms with Gasteiger partial charge in [-0.15, -0.1) is 0 Å². The minimum Gasteiger partial charge on any atom is -0.466 e. The van der Waals surface area contributed by atoms with Gasteiger partial charge in [0, 0.05) is 12.8 Å². The van der Waals surface area contributed by atoms with Crippen LogP contribution in [0.4, 0.5) is 0 Å². The van der Waals surface area contributed by atoms with Gasteiger partial charge >= 0.3 is 5.97 Å². The van der Waals surface area contributed by atoms with E-state index in [4.69, 9.17) is 4.74 Å². The summed E-state index contributed by atoms with van der Waals surface area (Å²) in [5.74, 6) is -0.0690. The van der Waals surface area contributed by atoms with Crippen LogP contribution in [0, 0.1) is 0 Å². The average molecular weight is 846 g/mol. The molecule has 0 fully saturated rings. The first-order valence-corrected chi connectivity index (χ1v) is 26.6. The molecule has 0 aliphatic heterocycles. The van der Waals surface area contributed by atoms with E-state index in [0.29, 0.717) is 19.4 Å². The Labute approximate surface area is 373 Å². The van der Waals surface area contributed by atoms with Crippen LogP contribution in [0.25, 0.3) is 0 Å². The van der Waals surface area contributed by atoms with Gasteiger partial charge in [0.15, 0.2) is 0 Å². The van der Waals surface area contributed by atoms with Crippen molar-refractivity contribution in [1.82, 2.24) is 5.32 Å². The molecule has 3 N–H and O–H groups in total. The van der Waals surface area contributed by atoms with Crippen LogP contribution in [0.15, 0.2) is 24.3 Å². The van der Waals surface area contributed by atoms with E-state index in [9.17, 15) is 19.8 Å². The van der Waals surface area contributed by atoms with Crippen molar-refractivity contribution in [3.63, 3.8) is 0 Å². The van der Waals surface area contributed by atoms with Crippen LogP contribution in [-0.4, -0.2) is 47.4 Å². The number of hydrogen-bond acceptors (Lipinski definition) is 5. The smallest absolute Gasteiger partial charge is 0.305 e. The molecule has 2 atom stereocenters. The van der Waals surface area contributed by atoms with Gasteiger partial charge in [0.2, 0.25) is 5.91 Å². The summed E-state index contributed by atoms with van der Waals surface area (Å²) in [4.78, 5) is 24.4. The molecule has 2 unspecified atom stereocenters. The van der Waals surface area contributed by atoms with Gasteiger partial charge in [0.05, 0.1) is 25.4 Å². The summed E-state index contributed by atoms with van der Waals surface area (Å²) in [5, 5.41) is 22.9. The normalized spacial score (nSPS) is 12.8. The first-order chi connectivity index (χ1) is 29.5. The average Bonchev–Trinajstić information content (AvgIpc) is 3.25. The number of unbranched alkanes of at least 4 members (excludes halogenated alkanes) is 36. The van der Waals surface area contributed by atoms with Crippen LogP contribution >= 0.6 is 0 Å². The molecule has 0 saturated heterocycles. The second-order valence-electron chi connectivity index (χ2n) is 18.2. The zero-order valence-electron chi connectivity index (χ0n) is 40.2. The third-order valence-electron chi connectivity index (χ3n) is 12.2. The molecule has 0 aliphatic rings. The number of hydrogen-bond donors (Lipinski definition) is 3. The maximum absolute atomic E-state index is 12.4. The molecule has 0 aromatic carbocycles. The number of carbonyl (C=O) groups is 2. The summed E-state index contributed by atoms with van der Waals surface area (Å²) >= 11 is 0. The lowest BCUT2D eigenvalue weighted by atomic mass is 10.0. The Bertz CT molecular complexity index is 935. The monoisotopic (exact) mass is 846 g/mol. The molecule has 0 radical (unpaired) electrons. The van der Waals surface area contributed by atoms with Crippen LogP contribution in [0.1, 0.15) is 284 Å². The molecule has 60 heavy (non-hydrogen) atoms. The fourth-order valence-corrected chi connectivity index (χ4v) is 8.08. The van der Waals surface area contributed by atoms with E-state index in [1.807, 2.05) is 6.08 Å². The second-order valence-corrected chi connectivity index (χ2v) is 18.2. The summed E-state index contributed by atoms with van der Waals surface area (Å²) in [6.07, 6.45) is 59.1. The first kappa shape index (κ1) is 58.3. The Hall–Kier alpha value is -1.66. The molecular weight excluding hydrogens is 743 g/mol. The van der Waals surface area contributed by atoms with E-state index in [1.165, 1.54) is 212 Å². The van der Waals surface area contributed by atoms with Crippen molar-refractivity contribution in [2.45, 2.75) is 296 Å². The van der Waals surface area contributed by atoms with Crippen LogP contribution in [-0.2, 0) is 14.3 Å². The van der Waals surface area contributed by atoms with Crippen molar-refractivity contribution >= 4 is 11.9 Å². The van der Waals surface area contributed by atoms with Gasteiger partial charge in [-0.2, -0.15) is 0 Å². The largest absolute Gasteiger partial charge is 0.466 e. The minimum absolute atomic E-state index is 0.00113. The maximum atomic E-state index is 12.4. The molecule has 0 rings (SSSR count). The number of rotatable bonds is 49. The second kappa shape index (κ2) is 50.0. The lowest BCUT2D eigenvalue weighted by Gasteiger charge is -2.20. The van der Waals surface area contributed by atoms with Gasteiger partial charge < -0.3 is 20.3 Å². The molecule has 0 heterocycles. The van der Waals surface area contributed by atoms with Crippen molar-refractivity contribution in [3.8, 4) is 0 Å². The summed E-state index contributed by atoms with van der Waals surface area (Å²) in [6.45, 7) is 4.84. The summed E-state index contributed by atoms with van der Waals surface area (Å²) in [6, 6.07) is -0.625. The number of amides is 1. The van der Waals surface area contributed by atoms with Crippen LogP contribution in [0.3, 0.4) is 0 Å². The SMILES string of the molecule is CCCC/C=C\CCCCCCCC(=O)OCCCCCCCCCCCCCCCCCCCCCCCCC(=O)NC(CO)C(O)/C=C/CCCCCCCCCC. The Kier molecular flexibility index (Phi) is 48.6. The number of allylic oxidation sites excluding steroid dienone is 3. The zero-order valence-corrected chi connectivity index (χ0v) is 40.2. The van der Waals surface area contributed by atoms with Crippen molar-refractivity contribution in [1.29, 1.82) is 0 Å². The van der Waals surface area contributed by atoms with Crippen molar-refractivity contribution in [2.24, 2.45) is 0 Å². The van der Waals surface area contributed by atoms with Crippen LogP contribution in [0.2, 0.25) is 0 Å². The molecule has 0 aromatic heterocycles. The highest BCUT2D eigenvalue weighted by molar-refractivity contribution is 5.76. The van der Waals surface area contributed by atoms with E-state index >= 15 is 0 Å². The summed E-state index contributed by atoms with van der Waals surface area (Å²) in [5.41, 5.74) is 0. The van der Waals surface area contributed by atoms with E-state index in [2.05, 4.69) is 31.3 Å². The number of carbonyl (C=O) groups excluding carboxylic acids is 2. The molecule has 6 nitrogen and oxygen atoms in total. The molecule has 354 valence electrons. The third-order valence-corrected chi connectivity index (χ3v) is 12.2. The van der Waals surface area contributed by atoms with Gasteiger partial charge in [-0.25, -0.2) is 0 Å². The highest BCUT2D eigenvalue weighted by Gasteiger charge is 2.18. The number of aliphatic hydroxyl groups is 2. The van der Waals surface area contributed by atoms with E-state index in [1.54, 1.807) is 6.08 Å². The molecular formula is C54H103NO5. The fraction of sp³-hybridized carbons (Fsp3) is 0.889. The van der Waals surface area contributed by atoms with E-state index in [-0.39, 0.29) is 18.5 Å². The number of esters is 1. The molecule has 0 aliphatic carbocycles.